The van der Waals surface area contributed by atoms with Crippen molar-refractivity contribution in [3.05, 3.63) is 36.4 Å². The maximum absolute atomic E-state index is 9.57. The topological polar surface area (TPSA) is 66.5 Å². The highest BCUT2D eigenvalue weighted by atomic mass is 16.3. The third-order valence-electron chi connectivity index (χ3n) is 2.16. The van der Waals surface area contributed by atoms with Gasteiger partial charge in [0.25, 0.3) is 0 Å². The van der Waals surface area contributed by atoms with Gasteiger partial charge in [-0.05, 0) is 31.5 Å². The van der Waals surface area contributed by atoms with Gasteiger partial charge in [0, 0.05) is 11.1 Å². The molecule has 76 valence electrons. The Balaban J connectivity index is 3.16. The van der Waals surface area contributed by atoms with E-state index in [1.807, 2.05) is 0 Å². The van der Waals surface area contributed by atoms with Gasteiger partial charge in [0.05, 0.1) is 0 Å². The molecule has 1 aromatic carbocycles. The van der Waals surface area contributed by atoms with Crippen LogP contribution in [0.2, 0.25) is 0 Å². The summed E-state index contributed by atoms with van der Waals surface area (Å²) in [6.07, 6.45) is 2.22. The molecule has 1 aromatic rings. The number of benzene rings is 1. The molecule has 4 N–H and O–H groups in total. The van der Waals surface area contributed by atoms with Crippen LogP contribution in [-0.2, 0) is 5.54 Å². The van der Waals surface area contributed by atoms with Crippen LogP contribution in [-0.4, -0.2) is 10.2 Å². The molecule has 0 aliphatic rings. The number of phenols is 2. The van der Waals surface area contributed by atoms with Crippen LogP contribution in [0.1, 0.15) is 18.9 Å². The lowest BCUT2D eigenvalue weighted by Gasteiger charge is -2.24. The third kappa shape index (κ3) is 2.06. The SMILES string of the molecule is C=CC[C@](C)(N)c1cc(O)ccc1O. The predicted octanol–water partition coefficient (Wildman–Crippen LogP) is 1.85. The van der Waals surface area contributed by atoms with Crippen molar-refractivity contribution in [2.24, 2.45) is 5.73 Å². The van der Waals surface area contributed by atoms with Gasteiger partial charge in [-0.1, -0.05) is 6.08 Å². The maximum Gasteiger partial charge on any atom is 0.120 e. The average Bonchev–Trinajstić information content (AvgIpc) is 2.09. The standard InChI is InChI=1S/C11H15NO2/c1-3-6-11(2,12)9-7-8(13)4-5-10(9)14/h3-5,7,13-14H,1,6,12H2,2H3/t11-/m0/s1. The number of rotatable bonds is 3. The zero-order valence-corrected chi connectivity index (χ0v) is 8.20. The molecule has 0 aromatic heterocycles. The van der Waals surface area contributed by atoms with E-state index in [2.05, 4.69) is 6.58 Å². The molecule has 0 aliphatic carbocycles. The molecule has 0 amide bonds. The van der Waals surface area contributed by atoms with E-state index in [1.165, 1.54) is 18.2 Å². The molecule has 0 unspecified atom stereocenters. The lowest BCUT2D eigenvalue weighted by molar-refractivity contribution is 0.418. The Hall–Kier alpha value is -1.48. The Labute approximate surface area is 83.5 Å². The van der Waals surface area contributed by atoms with Crippen LogP contribution in [0, 0.1) is 0 Å². The monoisotopic (exact) mass is 193 g/mol. The highest BCUT2D eigenvalue weighted by Gasteiger charge is 2.23. The van der Waals surface area contributed by atoms with Gasteiger partial charge in [0.2, 0.25) is 0 Å². The molecule has 0 heterocycles. The molecule has 3 nitrogen and oxygen atoms in total. The van der Waals surface area contributed by atoms with Crippen molar-refractivity contribution in [3.63, 3.8) is 0 Å². The summed E-state index contributed by atoms with van der Waals surface area (Å²) < 4.78 is 0. The van der Waals surface area contributed by atoms with Crippen LogP contribution in [0.25, 0.3) is 0 Å². The molecule has 0 spiro atoms. The first-order valence-corrected chi connectivity index (χ1v) is 4.39. The second-order valence-electron chi connectivity index (χ2n) is 3.61. The summed E-state index contributed by atoms with van der Waals surface area (Å²) >= 11 is 0. The molecule has 0 fully saturated rings. The van der Waals surface area contributed by atoms with E-state index < -0.39 is 5.54 Å². The summed E-state index contributed by atoms with van der Waals surface area (Å²) in [6, 6.07) is 4.32. The van der Waals surface area contributed by atoms with Gasteiger partial charge < -0.3 is 15.9 Å². The molecule has 1 rings (SSSR count). The summed E-state index contributed by atoms with van der Waals surface area (Å²) in [5.41, 5.74) is 5.80. The van der Waals surface area contributed by atoms with E-state index in [0.717, 1.165) is 0 Å². The molecule has 14 heavy (non-hydrogen) atoms. The normalized spacial score (nSPS) is 14.7. The van der Waals surface area contributed by atoms with E-state index >= 15 is 0 Å². The lowest BCUT2D eigenvalue weighted by Crippen LogP contribution is -2.32. The minimum absolute atomic E-state index is 0.0923. The number of nitrogens with two attached hydrogens (primary N) is 1. The summed E-state index contributed by atoms with van der Waals surface area (Å²) in [7, 11) is 0. The van der Waals surface area contributed by atoms with Crippen molar-refractivity contribution in [1.82, 2.24) is 0 Å². The molecule has 0 aliphatic heterocycles. The Morgan fingerprint density at radius 3 is 2.71 bits per heavy atom. The highest BCUT2D eigenvalue weighted by molar-refractivity contribution is 5.42. The molecule has 0 radical (unpaired) electrons. The smallest absolute Gasteiger partial charge is 0.120 e. The van der Waals surface area contributed by atoms with Crippen molar-refractivity contribution in [1.29, 1.82) is 0 Å². The van der Waals surface area contributed by atoms with E-state index in [1.54, 1.807) is 13.0 Å². The van der Waals surface area contributed by atoms with Gasteiger partial charge in [-0.25, -0.2) is 0 Å². The average molecular weight is 193 g/mol. The second kappa shape index (κ2) is 3.72. The number of hydrogen-bond donors (Lipinski definition) is 3. The first-order valence-electron chi connectivity index (χ1n) is 4.39. The van der Waals surface area contributed by atoms with Crippen molar-refractivity contribution < 1.29 is 10.2 Å². The van der Waals surface area contributed by atoms with Gasteiger partial charge in [0.15, 0.2) is 0 Å². The fourth-order valence-corrected chi connectivity index (χ4v) is 1.39. The zero-order valence-electron chi connectivity index (χ0n) is 8.20. The minimum Gasteiger partial charge on any atom is -0.508 e. The molecular formula is C11H15NO2. The summed E-state index contributed by atoms with van der Waals surface area (Å²) in [5.74, 6) is 0.188. The molecule has 0 bridgehead atoms. The van der Waals surface area contributed by atoms with Gasteiger partial charge in [-0.3, -0.25) is 0 Å². The Morgan fingerprint density at radius 2 is 2.14 bits per heavy atom. The fraction of sp³-hybridized carbons (Fsp3) is 0.273. The van der Waals surface area contributed by atoms with Crippen molar-refractivity contribution in [2.75, 3.05) is 0 Å². The molecule has 3 heteroatoms. The maximum atomic E-state index is 9.57. The number of hydrogen-bond acceptors (Lipinski definition) is 3. The van der Waals surface area contributed by atoms with Crippen molar-refractivity contribution in [2.45, 2.75) is 18.9 Å². The largest absolute Gasteiger partial charge is 0.508 e. The second-order valence-corrected chi connectivity index (χ2v) is 3.61. The summed E-state index contributed by atoms with van der Waals surface area (Å²) in [6.45, 7) is 5.38. The summed E-state index contributed by atoms with van der Waals surface area (Å²) in [4.78, 5) is 0. The highest BCUT2D eigenvalue weighted by Crippen LogP contribution is 2.32. The van der Waals surface area contributed by atoms with Crippen molar-refractivity contribution >= 4 is 0 Å². The quantitative estimate of drug-likeness (QED) is 0.507. The molecular weight excluding hydrogens is 178 g/mol. The molecule has 1 atom stereocenters. The first kappa shape index (κ1) is 10.6. The van der Waals surface area contributed by atoms with Crippen molar-refractivity contribution in [3.8, 4) is 11.5 Å². The van der Waals surface area contributed by atoms with E-state index in [9.17, 15) is 10.2 Å². The van der Waals surface area contributed by atoms with Gasteiger partial charge in [-0.2, -0.15) is 0 Å². The van der Waals surface area contributed by atoms with Gasteiger partial charge in [0.1, 0.15) is 11.5 Å². The van der Waals surface area contributed by atoms with Gasteiger partial charge >= 0.3 is 0 Å². The van der Waals surface area contributed by atoms with E-state index in [-0.39, 0.29) is 11.5 Å². The van der Waals surface area contributed by atoms with E-state index in [0.29, 0.717) is 12.0 Å². The lowest BCUT2D eigenvalue weighted by atomic mass is 9.89. The number of aromatic hydroxyl groups is 2. The predicted molar refractivity (Wildman–Crippen MR) is 56.1 cm³/mol. The first-order chi connectivity index (χ1) is 6.47. The Kier molecular flexibility index (Phi) is 2.81. The van der Waals surface area contributed by atoms with Crippen LogP contribution in [0.15, 0.2) is 30.9 Å². The molecule has 0 saturated carbocycles. The zero-order chi connectivity index (χ0) is 10.8. The third-order valence-corrected chi connectivity index (χ3v) is 2.16. The van der Waals surface area contributed by atoms with Crippen LogP contribution in [0.3, 0.4) is 0 Å². The molecule has 0 saturated heterocycles. The fourth-order valence-electron chi connectivity index (χ4n) is 1.39. The van der Waals surface area contributed by atoms with Crippen LogP contribution in [0.4, 0.5) is 0 Å². The van der Waals surface area contributed by atoms with Crippen LogP contribution >= 0.6 is 0 Å². The Bertz CT molecular complexity index is 345. The Morgan fingerprint density at radius 1 is 1.50 bits per heavy atom. The van der Waals surface area contributed by atoms with Gasteiger partial charge in [-0.15, -0.1) is 6.58 Å². The van der Waals surface area contributed by atoms with Crippen LogP contribution < -0.4 is 5.73 Å². The van der Waals surface area contributed by atoms with Crippen LogP contribution in [0.5, 0.6) is 11.5 Å². The van der Waals surface area contributed by atoms with E-state index in [4.69, 9.17) is 5.73 Å². The summed E-state index contributed by atoms with van der Waals surface area (Å²) in [5, 5.41) is 18.8. The number of phenolic OH excluding ortho intramolecular Hbond substituents is 2. The minimum atomic E-state index is -0.704.